The van der Waals surface area contributed by atoms with Crippen molar-refractivity contribution < 1.29 is 33.3 Å². The molecule has 0 fully saturated rings. The molecule has 0 saturated heterocycles. The average molecular weight is 450 g/mol. The van der Waals surface area contributed by atoms with Gasteiger partial charge < -0.3 is 29.0 Å². The lowest BCUT2D eigenvalue weighted by atomic mass is 10.1. The Morgan fingerprint density at radius 2 is 1.71 bits per heavy atom. The van der Waals surface area contributed by atoms with Crippen molar-refractivity contribution in [1.29, 1.82) is 0 Å². The van der Waals surface area contributed by atoms with Crippen LogP contribution in [0.3, 0.4) is 0 Å². The minimum absolute atomic E-state index is 0.120. The van der Waals surface area contributed by atoms with Crippen LogP contribution in [0.15, 0.2) is 29.4 Å². The molecule has 0 radical (unpaired) electrons. The standard InChI is InChI=1S/C20H20ClN3O7/c1-27-16-4-11(5-17(28-2)19(16)29-3)20(26)22-9-18(25)24-23-8-12-6-14-15(7-13(12)21)31-10-30-14/h4-8H,9-10H2,1-3H3,(H,22,26)(H,24,25). The Balaban J connectivity index is 1.57. The summed E-state index contributed by atoms with van der Waals surface area (Å²) in [5.41, 5.74) is 3.08. The van der Waals surface area contributed by atoms with Crippen molar-refractivity contribution in [2.24, 2.45) is 5.10 Å². The smallest absolute Gasteiger partial charge is 0.259 e. The van der Waals surface area contributed by atoms with E-state index in [0.717, 1.165) is 0 Å². The summed E-state index contributed by atoms with van der Waals surface area (Å²) in [6, 6.07) is 6.21. The van der Waals surface area contributed by atoms with Crippen molar-refractivity contribution in [2.75, 3.05) is 34.7 Å². The number of benzene rings is 2. The first-order chi connectivity index (χ1) is 15.0. The zero-order valence-corrected chi connectivity index (χ0v) is 17.7. The van der Waals surface area contributed by atoms with Crippen LogP contribution in [0, 0.1) is 0 Å². The van der Waals surface area contributed by atoms with E-state index in [1.807, 2.05) is 0 Å². The molecule has 0 spiro atoms. The number of methoxy groups -OCH3 is 3. The number of nitrogens with one attached hydrogen (secondary N) is 2. The summed E-state index contributed by atoms with van der Waals surface area (Å²) in [7, 11) is 4.34. The van der Waals surface area contributed by atoms with Gasteiger partial charge in [0.05, 0.1) is 39.1 Å². The predicted octanol–water partition coefficient (Wildman–Crippen LogP) is 1.97. The topological polar surface area (TPSA) is 117 Å². The van der Waals surface area contributed by atoms with Crippen LogP contribution in [-0.4, -0.2) is 52.7 Å². The Hall–Kier alpha value is -3.66. The molecule has 3 rings (SSSR count). The molecule has 0 unspecified atom stereocenters. The molecule has 2 N–H and O–H groups in total. The van der Waals surface area contributed by atoms with Gasteiger partial charge in [-0.1, -0.05) is 11.6 Å². The van der Waals surface area contributed by atoms with Crippen molar-refractivity contribution in [3.05, 3.63) is 40.4 Å². The van der Waals surface area contributed by atoms with Gasteiger partial charge in [-0.05, 0) is 18.2 Å². The van der Waals surface area contributed by atoms with E-state index in [1.165, 1.54) is 39.7 Å². The van der Waals surface area contributed by atoms with Crippen molar-refractivity contribution in [2.45, 2.75) is 0 Å². The number of fused-ring (bicyclic) bond motifs is 1. The number of hydrogen-bond acceptors (Lipinski definition) is 8. The highest BCUT2D eigenvalue weighted by atomic mass is 35.5. The molecule has 0 bridgehead atoms. The number of halogens is 1. The van der Waals surface area contributed by atoms with E-state index in [0.29, 0.717) is 39.3 Å². The largest absolute Gasteiger partial charge is 0.493 e. The molecule has 2 amide bonds. The molecule has 164 valence electrons. The Bertz CT molecular complexity index is 1000. The number of ether oxygens (including phenoxy) is 5. The maximum absolute atomic E-state index is 12.4. The summed E-state index contributed by atoms with van der Waals surface area (Å²) in [5, 5.41) is 6.72. The minimum Gasteiger partial charge on any atom is -0.493 e. The first-order valence-electron chi connectivity index (χ1n) is 8.96. The molecule has 1 aliphatic rings. The first kappa shape index (κ1) is 22.0. The zero-order valence-electron chi connectivity index (χ0n) is 17.0. The molecular weight excluding hydrogens is 430 g/mol. The molecule has 1 aliphatic heterocycles. The second-order valence-corrected chi connectivity index (χ2v) is 6.52. The molecule has 31 heavy (non-hydrogen) atoms. The molecule has 1 heterocycles. The summed E-state index contributed by atoms with van der Waals surface area (Å²) in [5.74, 6) is 1.04. The van der Waals surface area contributed by atoms with Crippen molar-refractivity contribution >= 4 is 29.6 Å². The predicted molar refractivity (Wildman–Crippen MR) is 112 cm³/mol. The molecular formula is C20H20ClN3O7. The lowest BCUT2D eigenvalue weighted by Gasteiger charge is -2.14. The highest BCUT2D eigenvalue weighted by molar-refractivity contribution is 6.33. The van der Waals surface area contributed by atoms with E-state index in [4.69, 9.17) is 35.3 Å². The van der Waals surface area contributed by atoms with Gasteiger partial charge in [-0.15, -0.1) is 0 Å². The summed E-state index contributed by atoms with van der Waals surface area (Å²) >= 11 is 6.14. The highest BCUT2D eigenvalue weighted by Gasteiger charge is 2.18. The minimum atomic E-state index is -0.533. The van der Waals surface area contributed by atoms with Gasteiger partial charge in [0.25, 0.3) is 11.8 Å². The van der Waals surface area contributed by atoms with Crippen LogP contribution in [0.5, 0.6) is 28.7 Å². The molecule has 0 saturated carbocycles. The third-order valence-electron chi connectivity index (χ3n) is 4.22. The molecule has 2 aromatic carbocycles. The third-order valence-corrected chi connectivity index (χ3v) is 4.55. The maximum Gasteiger partial charge on any atom is 0.259 e. The fourth-order valence-electron chi connectivity index (χ4n) is 2.72. The van der Waals surface area contributed by atoms with Gasteiger partial charge in [-0.25, -0.2) is 5.43 Å². The number of hydrazone groups is 1. The number of rotatable bonds is 8. The summed E-state index contributed by atoms with van der Waals surface area (Å²) < 4.78 is 26.2. The van der Waals surface area contributed by atoms with Crippen molar-refractivity contribution in [1.82, 2.24) is 10.7 Å². The summed E-state index contributed by atoms with van der Waals surface area (Å²) in [4.78, 5) is 24.4. The first-order valence-corrected chi connectivity index (χ1v) is 9.33. The van der Waals surface area contributed by atoms with Crippen LogP contribution in [-0.2, 0) is 4.79 Å². The van der Waals surface area contributed by atoms with E-state index in [-0.39, 0.29) is 18.9 Å². The van der Waals surface area contributed by atoms with Crippen LogP contribution in [0.25, 0.3) is 0 Å². The van der Waals surface area contributed by atoms with Crippen molar-refractivity contribution in [3.63, 3.8) is 0 Å². The number of hydrogen-bond donors (Lipinski definition) is 2. The van der Waals surface area contributed by atoms with E-state index < -0.39 is 11.8 Å². The second kappa shape index (κ2) is 9.90. The molecule has 11 heteroatoms. The van der Waals surface area contributed by atoms with Crippen LogP contribution in [0.1, 0.15) is 15.9 Å². The Morgan fingerprint density at radius 1 is 1.06 bits per heavy atom. The lowest BCUT2D eigenvalue weighted by molar-refractivity contribution is -0.120. The van der Waals surface area contributed by atoms with Crippen LogP contribution in [0.2, 0.25) is 5.02 Å². The Labute approximate surface area is 183 Å². The number of amides is 2. The highest BCUT2D eigenvalue weighted by Crippen LogP contribution is 2.38. The lowest BCUT2D eigenvalue weighted by Crippen LogP contribution is -2.35. The second-order valence-electron chi connectivity index (χ2n) is 6.12. The van der Waals surface area contributed by atoms with Gasteiger partial charge >= 0.3 is 0 Å². The number of nitrogens with zero attached hydrogens (tertiary/aromatic N) is 1. The van der Waals surface area contributed by atoms with E-state index >= 15 is 0 Å². The summed E-state index contributed by atoms with van der Waals surface area (Å²) in [6.07, 6.45) is 1.36. The molecule has 0 aromatic heterocycles. The zero-order chi connectivity index (χ0) is 22.4. The normalized spacial score (nSPS) is 11.9. The van der Waals surface area contributed by atoms with Gasteiger partial charge in [-0.2, -0.15) is 5.10 Å². The van der Waals surface area contributed by atoms with Gasteiger partial charge in [0.1, 0.15) is 0 Å². The molecule has 2 aromatic rings. The third kappa shape index (κ3) is 5.10. The number of carbonyl (C=O) groups is 2. The molecule has 10 nitrogen and oxygen atoms in total. The maximum atomic E-state index is 12.4. The summed E-state index contributed by atoms with van der Waals surface area (Å²) in [6.45, 7) is -0.184. The molecule has 0 aliphatic carbocycles. The Kier molecular flexibility index (Phi) is 7.03. The number of carbonyl (C=O) groups excluding carboxylic acids is 2. The quantitative estimate of drug-likeness (QED) is 0.467. The average Bonchev–Trinajstić information content (AvgIpc) is 3.23. The van der Waals surface area contributed by atoms with E-state index in [9.17, 15) is 9.59 Å². The van der Waals surface area contributed by atoms with Crippen LogP contribution < -0.4 is 34.4 Å². The Morgan fingerprint density at radius 3 is 2.32 bits per heavy atom. The van der Waals surface area contributed by atoms with E-state index in [1.54, 1.807) is 12.1 Å². The van der Waals surface area contributed by atoms with E-state index in [2.05, 4.69) is 15.8 Å². The SMILES string of the molecule is COc1cc(C(=O)NCC(=O)NN=Cc2cc3c(cc2Cl)OCO3)cc(OC)c1OC. The molecule has 0 atom stereocenters. The van der Waals surface area contributed by atoms with Gasteiger partial charge in [0.2, 0.25) is 12.5 Å². The fourth-order valence-corrected chi connectivity index (χ4v) is 2.92. The van der Waals surface area contributed by atoms with Gasteiger partial charge in [0.15, 0.2) is 23.0 Å². The van der Waals surface area contributed by atoms with Gasteiger partial charge in [0, 0.05) is 17.2 Å². The van der Waals surface area contributed by atoms with Crippen LogP contribution in [0.4, 0.5) is 0 Å². The van der Waals surface area contributed by atoms with Gasteiger partial charge in [-0.3, -0.25) is 9.59 Å². The monoisotopic (exact) mass is 449 g/mol. The van der Waals surface area contributed by atoms with Crippen molar-refractivity contribution in [3.8, 4) is 28.7 Å². The van der Waals surface area contributed by atoms with Crippen LogP contribution >= 0.6 is 11.6 Å². The fraction of sp³-hybridized carbons (Fsp3) is 0.250.